The SMILES string of the molecule is CC(C)(C)CCCC(=O)N1CCN(C(=O)C23CC4CC(CC(C4)C2)C3)CC1. The lowest BCUT2D eigenvalue weighted by molar-refractivity contribution is -0.160. The minimum atomic E-state index is -0.0341. The van der Waals surface area contributed by atoms with E-state index in [1.54, 1.807) is 0 Å². The van der Waals surface area contributed by atoms with Crippen molar-refractivity contribution in [1.29, 1.82) is 0 Å². The van der Waals surface area contributed by atoms with Crippen LogP contribution >= 0.6 is 0 Å². The number of carbonyl (C=O) groups excluding carboxylic acids is 2. The summed E-state index contributed by atoms with van der Waals surface area (Å²) >= 11 is 0. The molecule has 152 valence electrons. The first-order valence-corrected chi connectivity index (χ1v) is 11.3. The zero-order valence-corrected chi connectivity index (χ0v) is 17.6. The van der Waals surface area contributed by atoms with Gasteiger partial charge in [-0.1, -0.05) is 20.8 Å². The summed E-state index contributed by atoms with van der Waals surface area (Å²) < 4.78 is 0. The van der Waals surface area contributed by atoms with Gasteiger partial charge in [0.1, 0.15) is 0 Å². The van der Waals surface area contributed by atoms with E-state index in [0.717, 1.165) is 76.0 Å². The van der Waals surface area contributed by atoms with E-state index in [1.807, 2.05) is 4.90 Å². The molecule has 1 heterocycles. The molecule has 5 aliphatic rings. The highest BCUT2D eigenvalue weighted by Gasteiger charge is 2.55. The number of carbonyl (C=O) groups is 2. The first-order chi connectivity index (χ1) is 12.7. The first-order valence-electron chi connectivity index (χ1n) is 11.3. The normalized spacial score (nSPS) is 35.6. The van der Waals surface area contributed by atoms with E-state index in [2.05, 4.69) is 25.7 Å². The van der Waals surface area contributed by atoms with Crippen LogP contribution in [0.15, 0.2) is 0 Å². The van der Waals surface area contributed by atoms with Crippen LogP contribution in [0.4, 0.5) is 0 Å². The Labute approximate surface area is 165 Å². The number of hydrogen-bond donors (Lipinski definition) is 0. The van der Waals surface area contributed by atoms with Crippen molar-refractivity contribution in [1.82, 2.24) is 9.80 Å². The van der Waals surface area contributed by atoms with Crippen LogP contribution in [0.2, 0.25) is 0 Å². The molecule has 0 aromatic heterocycles. The van der Waals surface area contributed by atoms with Gasteiger partial charge < -0.3 is 9.80 Å². The summed E-state index contributed by atoms with van der Waals surface area (Å²) in [7, 11) is 0. The van der Waals surface area contributed by atoms with Crippen molar-refractivity contribution in [3.63, 3.8) is 0 Å². The molecule has 0 aromatic rings. The van der Waals surface area contributed by atoms with Crippen LogP contribution in [-0.2, 0) is 9.59 Å². The van der Waals surface area contributed by atoms with Gasteiger partial charge in [0.15, 0.2) is 0 Å². The maximum Gasteiger partial charge on any atom is 0.228 e. The van der Waals surface area contributed by atoms with Crippen molar-refractivity contribution in [2.24, 2.45) is 28.6 Å². The second-order valence-electron chi connectivity index (χ2n) is 11.3. The Hall–Kier alpha value is -1.06. The van der Waals surface area contributed by atoms with Crippen molar-refractivity contribution in [3.05, 3.63) is 0 Å². The molecular weight excluding hydrogens is 336 g/mol. The number of piperazine rings is 1. The number of amides is 2. The third-order valence-electron chi connectivity index (χ3n) is 7.73. The molecule has 1 aliphatic heterocycles. The second-order valence-corrected chi connectivity index (χ2v) is 11.3. The molecule has 2 amide bonds. The van der Waals surface area contributed by atoms with E-state index >= 15 is 0 Å². The van der Waals surface area contributed by atoms with Crippen LogP contribution in [0.3, 0.4) is 0 Å². The number of hydrogen-bond acceptors (Lipinski definition) is 2. The lowest BCUT2D eigenvalue weighted by Gasteiger charge is -2.57. The summed E-state index contributed by atoms with van der Waals surface area (Å²) in [5, 5.41) is 0. The number of nitrogens with zero attached hydrogens (tertiary/aromatic N) is 2. The van der Waals surface area contributed by atoms with Crippen molar-refractivity contribution in [3.8, 4) is 0 Å². The van der Waals surface area contributed by atoms with Gasteiger partial charge >= 0.3 is 0 Å². The van der Waals surface area contributed by atoms with Gasteiger partial charge in [0.05, 0.1) is 5.41 Å². The lowest BCUT2D eigenvalue weighted by atomic mass is 9.49. The highest BCUT2D eigenvalue weighted by Crippen LogP contribution is 2.60. The molecule has 0 spiro atoms. The van der Waals surface area contributed by atoms with E-state index in [1.165, 1.54) is 19.3 Å². The van der Waals surface area contributed by atoms with Gasteiger partial charge in [-0.3, -0.25) is 9.59 Å². The molecule has 4 bridgehead atoms. The van der Waals surface area contributed by atoms with E-state index in [4.69, 9.17) is 0 Å². The molecule has 4 aliphatic carbocycles. The van der Waals surface area contributed by atoms with E-state index in [0.29, 0.717) is 17.7 Å². The summed E-state index contributed by atoms with van der Waals surface area (Å²) in [6.07, 6.45) is 10.3. The summed E-state index contributed by atoms with van der Waals surface area (Å²) in [6.45, 7) is 9.63. The molecule has 5 fully saturated rings. The van der Waals surface area contributed by atoms with Gasteiger partial charge in [0.2, 0.25) is 11.8 Å². The van der Waals surface area contributed by atoms with Crippen molar-refractivity contribution in [2.45, 2.75) is 78.6 Å². The highest BCUT2D eigenvalue weighted by molar-refractivity contribution is 5.84. The smallest absolute Gasteiger partial charge is 0.228 e. The molecular formula is C23H38N2O2. The standard InChI is InChI=1S/C23H38N2O2/c1-22(2,3)6-4-5-20(26)24-7-9-25(10-8-24)21(27)23-14-17-11-18(15-23)13-19(12-17)16-23/h17-19H,4-16H2,1-3H3. The minimum absolute atomic E-state index is 0.0341. The average molecular weight is 375 g/mol. The van der Waals surface area contributed by atoms with Crippen LogP contribution in [0.5, 0.6) is 0 Å². The molecule has 0 N–H and O–H groups in total. The fraction of sp³-hybridized carbons (Fsp3) is 0.913. The lowest BCUT2D eigenvalue weighted by Crippen LogP contribution is -2.58. The summed E-state index contributed by atoms with van der Waals surface area (Å²) in [5.74, 6) is 3.14. The van der Waals surface area contributed by atoms with E-state index in [9.17, 15) is 9.59 Å². The van der Waals surface area contributed by atoms with Crippen molar-refractivity contribution in [2.75, 3.05) is 26.2 Å². The van der Waals surface area contributed by atoms with Crippen LogP contribution < -0.4 is 0 Å². The molecule has 5 rings (SSSR count). The van der Waals surface area contributed by atoms with Crippen LogP contribution in [-0.4, -0.2) is 47.8 Å². The third-order valence-corrected chi connectivity index (χ3v) is 7.73. The fourth-order valence-corrected chi connectivity index (χ4v) is 6.79. The first kappa shape index (κ1) is 19.3. The maximum atomic E-state index is 13.4. The molecule has 1 saturated heterocycles. The molecule has 27 heavy (non-hydrogen) atoms. The zero-order valence-electron chi connectivity index (χ0n) is 17.6. The topological polar surface area (TPSA) is 40.6 Å². The number of rotatable bonds is 4. The van der Waals surface area contributed by atoms with Gasteiger partial charge in [0, 0.05) is 32.6 Å². The molecule has 0 radical (unpaired) electrons. The average Bonchev–Trinajstić information content (AvgIpc) is 2.59. The monoisotopic (exact) mass is 374 g/mol. The Morgan fingerprint density at radius 1 is 0.852 bits per heavy atom. The van der Waals surface area contributed by atoms with Crippen LogP contribution in [0.1, 0.15) is 78.6 Å². The van der Waals surface area contributed by atoms with Crippen LogP contribution in [0.25, 0.3) is 0 Å². The Balaban J connectivity index is 1.28. The van der Waals surface area contributed by atoms with E-state index in [-0.39, 0.29) is 11.3 Å². The third kappa shape index (κ3) is 4.05. The van der Waals surface area contributed by atoms with E-state index < -0.39 is 0 Å². The molecule has 0 unspecified atom stereocenters. The maximum absolute atomic E-state index is 13.4. The molecule has 0 atom stereocenters. The van der Waals surface area contributed by atoms with Crippen molar-refractivity contribution < 1.29 is 9.59 Å². The highest BCUT2D eigenvalue weighted by atomic mass is 16.2. The van der Waals surface area contributed by atoms with Gasteiger partial charge in [0.25, 0.3) is 0 Å². The van der Waals surface area contributed by atoms with Gasteiger partial charge in [-0.2, -0.15) is 0 Å². The zero-order chi connectivity index (χ0) is 19.2. The fourth-order valence-electron chi connectivity index (χ4n) is 6.79. The largest absolute Gasteiger partial charge is 0.339 e. The Kier molecular flexibility index (Phi) is 5.05. The molecule has 4 nitrogen and oxygen atoms in total. The summed E-state index contributed by atoms with van der Waals surface area (Å²) in [5.41, 5.74) is 0.261. The minimum Gasteiger partial charge on any atom is -0.339 e. The molecule has 0 aromatic carbocycles. The molecule has 4 heteroatoms. The predicted molar refractivity (Wildman–Crippen MR) is 107 cm³/mol. The Morgan fingerprint density at radius 2 is 1.33 bits per heavy atom. The predicted octanol–water partition coefficient (Wildman–Crippen LogP) is 4.09. The summed E-state index contributed by atoms with van der Waals surface area (Å²) in [4.78, 5) is 30.0. The Morgan fingerprint density at radius 3 is 1.81 bits per heavy atom. The quantitative estimate of drug-likeness (QED) is 0.744. The second kappa shape index (κ2) is 7.08. The van der Waals surface area contributed by atoms with Crippen LogP contribution in [0, 0.1) is 28.6 Å². The van der Waals surface area contributed by atoms with Gasteiger partial charge in [-0.05, 0) is 74.5 Å². The summed E-state index contributed by atoms with van der Waals surface area (Å²) in [6, 6.07) is 0. The Bertz CT molecular complexity index is 548. The van der Waals surface area contributed by atoms with Gasteiger partial charge in [-0.15, -0.1) is 0 Å². The molecule has 4 saturated carbocycles. The van der Waals surface area contributed by atoms with Gasteiger partial charge in [-0.25, -0.2) is 0 Å². The van der Waals surface area contributed by atoms with Crippen molar-refractivity contribution >= 4 is 11.8 Å².